The third kappa shape index (κ3) is 2.54. The van der Waals surface area contributed by atoms with Crippen LogP contribution < -0.4 is 10.6 Å². The largest absolute Gasteiger partial charge is 0.339 e. The summed E-state index contributed by atoms with van der Waals surface area (Å²) < 4.78 is 0. The lowest BCUT2D eigenvalue weighted by atomic mass is 10.1. The Kier molecular flexibility index (Phi) is 3.29. The van der Waals surface area contributed by atoms with E-state index < -0.39 is 0 Å². The van der Waals surface area contributed by atoms with E-state index in [1.54, 1.807) is 11.3 Å². The molecule has 1 saturated heterocycles. The summed E-state index contributed by atoms with van der Waals surface area (Å²) in [5, 5.41) is 9.41. The molecular formula is C12H17N5S. The van der Waals surface area contributed by atoms with Gasteiger partial charge in [-0.1, -0.05) is 6.07 Å². The van der Waals surface area contributed by atoms with E-state index >= 15 is 0 Å². The number of nitrogens with one attached hydrogen (secondary N) is 1. The number of aromatic amines is 1. The highest BCUT2D eigenvalue weighted by Crippen LogP contribution is 2.17. The van der Waals surface area contributed by atoms with Crippen molar-refractivity contribution in [2.75, 3.05) is 18.0 Å². The normalized spacial score (nSPS) is 17.3. The second-order valence-electron chi connectivity index (χ2n) is 4.66. The van der Waals surface area contributed by atoms with Crippen molar-refractivity contribution in [3.63, 3.8) is 0 Å². The number of hydrogen-bond acceptors (Lipinski definition) is 5. The van der Waals surface area contributed by atoms with E-state index in [1.807, 2.05) is 0 Å². The summed E-state index contributed by atoms with van der Waals surface area (Å²) in [6.45, 7) is 1.91. The van der Waals surface area contributed by atoms with Gasteiger partial charge in [0.2, 0.25) is 5.95 Å². The SMILES string of the molecule is NC1CCN(c2n[nH]c(Cc3cccs3)n2)CC1. The monoisotopic (exact) mass is 263 g/mol. The molecule has 0 radical (unpaired) electrons. The minimum atomic E-state index is 0.339. The Hall–Kier alpha value is -1.40. The molecule has 96 valence electrons. The highest BCUT2D eigenvalue weighted by atomic mass is 32.1. The van der Waals surface area contributed by atoms with Crippen molar-refractivity contribution in [2.24, 2.45) is 5.73 Å². The van der Waals surface area contributed by atoms with Gasteiger partial charge in [0, 0.05) is 30.4 Å². The molecule has 6 heteroatoms. The van der Waals surface area contributed by atoms with Gasteiger partial charge in [0.1, 0.15) is 5.82 Å². The van der Waals surface area contributed by atoms with E-state index in [0.29, 0.717) is 6.04 Å². The van der Waals surface area contributed by atoms with Crippen molar-refractivity contribution >= 4 is 17.3 Å². The molecule has 1 aliphatic rings. The Labute approximate surface area is 110 Å². The Morgan fingerprint density at radius 2 is 2.28 bits per heavy atom. The molecule has 0 atom stereocenters. The standard InChI is InChI=1S/C12H17N5S/c13-9-3-5-17(6-4-9)12-14-11(15-16-12)8-10-2-1-7-18-10/h1-2,7,9H,3-6,8,13H2,(H,14,15,16). The molecule has 1 fully saturated rings. The fourth-order valence-electron chi connectivity index (χ4n) is 2.18. The molecule has 0 amide bonds. The average Bonchev–Trinajstić information content (AvgIpc) is 3.02. The summed E-state index contributed by atoms with van der Waals surface area (Å²) in [5.74, 6) is 1.75. The summed E-state index contributed by atoms with van der Waals surface area (Å²) in [6, 6.07) is 4.52. The van der Waals surface area contributed by atoms with Crippen LogP contribution in [0.15, 0.2) is 17.5 Å². The van der Waals surface area contributed by atoms with Crippen LogP contribution in [0, 0.1) is 0 Å². The Balaban J connectivity index is 1.66. The molecule has 0 aliphatic carbocycles. The number of piperidine rings is 1. The average molecular weight is 263 g/mol. The first-order chi connectivity index (χ1) is 8.81. The van der Waals surface area contributed by atoms with E-state index in [0.717, 1.165) is 44.1 Å². The van der Waals surface area contributed by atoms with Gasteiger partial charge < -0.3 is 10.6 Å². The van der Waals surface area contributed by atoms with Gasteiger partial charge in [-0.05, 0) is 24.3 Å². The quantitative estimate of drug-likeness (QED) is 0.877. The molecular weight excluding hydrogens is 246 g/mol. The fourth-order valence-corrected chi connectivity index (χ4v) is 2.89. The maximum absolute atomic E-state index is 5.90. The molecule has 0 spiro atoms. The summed E-state index contributed by atoms with van der Waals surface area (Å²) in [5.41, 5.74) is 5.90. The van der Waals surface area contributed by atoms with Crippen molar-refractivity contribution in [3.8, 4) is 0 Å². The van der Waals surface area contributed by atoms with Crippen LogP contribution in [0.1, 0.15) is 23.5 Å². The summed E-state index contributed by atoms with van der Waals surface area (Å²) in [7, 11) is 0. The lowest BCUT2D eigenvalue weighted by molar-refractivity contribution is 0.496. The minimum absolute atomic E-state index is 0.339. The van der Waals surface area contributed by atoms with Crippen LogP contribution in [-0.4, -0.2) is 34.3 Å². The molecule has 0 bridgehead atoms. The van der Waals surface area contributed by atoms with Crippen LogP contribution in [0.2, 0.25) is 0 Å². The first-order valence-corrected chi connectivity index (χ1v) is 7.13. The molecule has 0 aromatic carbocycles. The summed E-state index contributed by atoms with van der Waals surface area (Å²) in [6.07, 6.45) is 2.88. The number of nitrogens with two attached hydrogens (primary N) is 1. The van der Waals surface area contributed by atoms with Crippen molar-refractivity contribution < 1.29 is 0 Å². The lowest BCUT2D eigenvalue weighted by Crippen LogP contribution is -2.40. The molecule has 3 rings (SSSR count). The van der Waals surface area contributed by atoms with E-state index in [4.69, 9.17) is 5.73 Å². The zero-order chi connectivity index (χ0) is 12.4. The number of H-pyrrole nitrogens is 1. The van der Waals surface area contributed by atoms with E-state index in [-0.39, 0.29) is 0 Å². The third-order valence-corrected chi connectivity index (χ3v) is 4.14. The highest BCUT2D eigenvalue weighted by molar-refractivity contribution is 7.09. The maximum atomic E-state index is 5.90. The first-order valence-electron chi connectivity index (χ1n) is 6.25. The molecule has 0 saturated carbocycles. The van der Waals surface area contributed by atoms with Crippen LogP contribution in [0.5, 0.6) is 0 Å². The van der Waals surface area contributed by atoms with Crippen molar-refractivity contribution in [3.05, 3.63) is 28.2 Å². The molecule has 2 aromatic heterocycles. The number of hydrogen-bond donors (Lipinski definition) is 2. The number of aromatic nitrogens is 3. The second kappa shape index (κ2) is 5.07. The Morgan fingerprint density at radius 3 is 3.00 bits per heavy atom. The molecule has 3 N–H and O–H groups in total. The van der Waals surface area contributed by atoms with Crippen LogP contribution in [0.3, 0.4) is 0 Å². The van der Waals surface area contributed by atoms with Crippen LogP contribution >= 0.6 is 11.3 Å². The van der Waals surface area contributed by atoms with Crippen LogP contribution in [0.4, 0.5) is 5.95 Å². The zero-order valence-electron chi connectivity index (χ0n) is 10.2. The lowest BCUT2D eigenvalue weighted by Gasteiger charge is -2.28. The van der Waals surface area contributed by atoms with Gasteiger partial charge in [-0.25, -0.2) is 0 Å². The molecule has 0 unspecified atom stereocenters. The molecule has 3 heterocycles. The molecule has 1 aliphatic heterocycles. The van der Waals surface area contributed by atoms with Gasteiger partial charge in [-0.15, -0.1) is 16.4 Å². The Morgan fingerprint density at radius 1 is 1.44 bits per heavy atom. The van der Waals surface area contributed by atoms with E-state index in [1.165, 1.54) is 4.88 Å². The minimum Gasteiger partial charge on any atom is -0.339 e. The smallest absolute Gasteiger partial charge is 0.244 e. The predicted molar refractivity (Wildman–Crippen MR) is 72.9 cm³/mol. The Bertz CT molecular complexity index is 484. The zero-order valence-corrected chi connectivity index (χ0v) is 11.0. The van der Waals surface area contributed by atoms with E-state index in [9.17, 15) is 0 Å². The van der Waals surface area contributed by atoms with Crippen molar-refractivity contribution in [1.82, 2.24) is 15.2 Å². The van der Waals surface area contributed by atoms with E-state index in [2.05, 4.69) is 37.6 Å². The topological polar surface area (TPSA) is 70.8 Å². The van der Waals surface area contributed by atoms with Gasteiger partial charge in [0.25, 0.3) is 0 Å². The highest BCUT2D eigenvalue weighted by Gasteiger charge is 2.19. The predicted octanol–water partition coefficient (Wildman–Crippen LogP) is 1.38. The molecule has 2 aromatic rings. The summed E-state index contributed by atoms with van der Waals surface area (Å²) >= 11 is 1.74. The molecule has 5 nitrogen and oxygen atoms in total. The number of anilines is 1. The van der Waals surface area contributed by atoms with Crippen molar-refractivity contribution in [2.45, 2.75) is 25.3 Å². The number of thiophene rings is 1. The molecule has 18 heavy (non-hydrogen) atoms. The van der Waals surface area contributed by atoms with Gasteiger partial charge in [-0.3, -0.25) is 5.10 Å². The van der Waals surface area contributed by atoms with Gasteiger partial charge >= 0.3 is 0 Å². The summed E-state index contributed by atoms with van der Waals surface area (Å²) in [4.78, 5) is 8.07. The fraction of sp³-hybridized carbons (Fsp3) is 0.500. The first kappa shape index (κ1) is 11.7. The van der Waals surface area contributed by atoms with Gasteiger partial charge in [0.05, 0.1) is 0 Å². The van der Waals surface area contributed by atoms with Crippen molar-refractivity contribution in [1.29, 1.82) is 0 Å². The van der Waals surface area contributed by atoms with Crippen LogP contribution in [-0.2, 0) is 6.42 Å². The van der Waals surface area contributed by atoms with Gasteiger partial charge in [-0.2, -0.15) is 4.98 Å². The number of rotatable bonds is 3. The second-order valence-corrected chi connectivity index (χ2v) is 5.69. The number of nitrogens with zero attached hydrogens (tertiary/aromatic N) is 3. The maximum Gasteiger partial charge on any atom is 0.244 e. The third-order valence-electron chi connectivity index (χ3n) is 3.26. The van der Waals surface area contributed by atoms with Gasteiger partial charge in [0.15, 0.2) is 0 Å². The van der Waals surface area contributed by atoms with Crippen LogP contribution in [0.25, 0.3) is 0 Å².